The van der Waals surface area contributed by atoms with Crippen LogP contribution in [0.15, 0.2) is 0 Å². The van der Waals surface area contributed by atoms with E-state index in [-0.39, 0.29) is 29.7 Å². The van der Waals surface area contributed by atoms with Crippen LogP contribution in [0.5, 0.6) is 0 Å². The SMILES string of the molecule is C.C.C.C.CCCC[Si](C)(O[Si](C)(C)C)O[Si](C)(C)O[Si](C)(C)C. The Labute approximate surface area is 160 Å². The summed E-state index contributed by atoms with van der Waals surface area (Å²) < 4.78 is 19.4. The van der Waals surface area contributed by atoms with Crippen LogP contribution in [0.1, 0.15) is 49.5 Å². The van der Waals surface area contributed by atoms with Gasteiger partial charge < -0.3 is 12.3 Å². The van der Waals surface area contributed by atoms with Gasteiger partial charge in [0, 0.05) is 0 Å². The van der Waals surface area contributed by atoms with Gasteiger partial charge >= 0.3 is 17.1 Å². The topological polar surface area (TPSA) is 27.7 Å². The van der Waals surface area contributed by atoms with Crippen LogP contribution in [-0.4, -0.2) is 33.8 Å². The Bertz CT molecular complexity index is 299. The molecule has 0 aromatic carbocycles. The van der Waals surface area contributed by atoms with Crippen LogP contribution in [0.4, 0.5) is 0 Å². The van der Waals surface area contributed by atoms with Gasteiger partial charge in [-0.15, -0.1) is 0 Å². The highest BCUT2D eigenvalue weighted by Gasteiger charge is 2.43. The van der Waals surface area contributed by atoms with Gasteiger partial charge in [0.2, 0.25) is 0 Å². The highest BCUT2D eigenvalue weighted by Crippen LogP contribution is 2.27. The van der Waals surface area contributed by atoms with Crippen molar-refractivity contribution >= 4 is 33.8 Å². The van der Waals surface area contributed by atoms with Crippen LogP contribution in [0, 0.1) is 0 Å². The summed E-state index contributed by atoms with van der Waals surface area (Å²) in [5.41, 5.74) is 0. The molecule has 7 heteroatoms. The van der Waals surface area contributed by atoms with Crippen LogP contribution < -0.4 is 0 Å². The van der Waals surface area contributed by atoms with Crippen molar-refractivity contribution in [2.24, 2.45) is 0 Å². The van der Waals surface area contributed by atoms with Crippen molar-refractivity contribution in [2.75, 3.05) is 0 Å². The summed E-state index contributed by atoms with van der Waals surface area (Å²) in [5.74, 6) is 0. The summed E-state index contributed by atoms with van der Waals surface area (Å²) in [4.78, 5) is 0. The fraction of sp³-hybridized carbons (Fsp3) is 1.00. The summed E-state index contributed by atoms with van der Waals surface area (Å²) in [6, 6.07) is 1.08. The number of hydrogen-bond acceptors (Lipinski definition) is 3. The number of unbranched alkanes of at least 4 members (excludes halogenated alkanes) is 1. The zero-order valence-electron chi connectivity index (χ0n) is 15.3. The van der Waals surface area contributed by atoms with E-state index in [4.69, 9.17) is 12.3 Å². The second-order valence-electron chi connectivity index (χ2n) is 8.17. The predicted octanol–water partition coefficient (Wildman–Crippen LogP) is 7.82. The quantitative estimate of drug-likeness (QED) is 0.358. The second kappa shape index (κ2) is 13.0. The molecule has 1 unspecified atom stereocenters. The molecule has 24 heavy (non-hydrogen) atoms. The third-order valence-electron chi connectivity index (χ3n) is 2.52. The fourth-order valence-electron chi connectivity index (χ4n) is 2.55. The van der Waals surface area contributed by atoms with E-state index in [1.807, 2.05) is 0 Å². The van der Waals surface area contributed by atoms with Crippen molar-refractivity contribution < 1.29 is 12.3 Å². The monoisotopic (exact) mass is 416 g/mol. The molecule has 0 aliphatic heterocycles. The molecule has 0 aromatic heterocycles. The Hall–Kier alpha value is 0.748. The Morgan fingerprint density at radius 3 is 1.25 bits per heavy atom. The first-order valence-electron chi connectivity index (χ1n) is 7.79. The average Bonchev–Trinajstić information content (AvgIpc) is 2.05. The molecular formula is C17H52O3Si4. The molecule has 0 aromatic rings. The first-order chi connectivity index (χ1) is 8.68. The van der Waals surface area contributed by atoms with Crippen molar-refractivity contribution in [3.63, 3.8) is 0 Å². The van der Waals surface area contributed by atoms with Crippen LogP contribution in [0.25, 0.3) is 0 Å². The molecule has 3 nitrogen and oxygen atoms in total. The Balaban J connectivity index is -0.000000301. The molecular weight excluding hydrogens is 365 g/mol. The summed E-state index contributed by atoms with van der Waals surface area (Å²) in [6.07, 6.45) is 2.38. The van der Waals surface area contributed by atoms with Crippen molar-refractivity contribution in [3.8, 4) is 0 Å². The maximum Gasteiger partial charge on any atom is 0.315 e. The number of rotatable bonds is 9. The van der Waals surface area contributed by atoms with Crippen LogP contribution in [0.3, 0.4) is 0 Å². The first-order valence-corrected chi connectivity index (χ1v) is 19.9. The fourth-order valence-corrected chi connectivity index (χ4v) is 20.7. The van der Waals surface area contributed by atoms with Gasteiger partial charge in [0.25, 0.3) is 0 Å². The molecule has 0 bridgehead atoms. The lowest BCUT2D eigenvalue weighted by Crippen LogP contribution is -2.56. The summed E-state index contributed by atoms with van der Waals surface area (Å²) >= 11 is 0. The molecule has 0 fully saturated rings. The minimum absolute atomic E-state index is 0. The van der Waals surface area contributed by atoms with E-state index in [9.17, 15) is 0 Å². The molecule has 0 amide bonds. The highest BCUT2D eigenvalue weighted by atomic mass is 28.5. The molecule has 0 N–H and O–H groups in total. The van der Waals surface area contributed by atoms with E-state index in [0.717, 1.165) is 6.04 Å². The third-order valence-corrected chi connectivity index (χ3v) is 16.1. The molecule has 0 aliphatic rings. The Morgan fingerprint density at radius 2 is 0.958 bits per heavy atom. The lowest BCUT2D eigenvalue weighted by Gasteiger charge is -2.41. The van der Waals surface area contributed by atoms with Gasteiger partial charge in [0.1, 0.15) is 0 Å². The predicted molar refractivity (Wildman–Crippen MR) is 126 cm³/mol. The lowest BCUT2D eigenvalue weighted by atomic mass is 10.4. The minimum Gasteiger partial charge on any atom is -0.437 e. The average molecular weight is 417 g/mol. The lowest BCUT2D eigenvalue weighted by molar-refractivity contribution is 0.322. The molecule has 0 heterocycles. The number of hydrogen-bond donors (Lipinski definition) is 0. The molecule has 0 rings (SSSR count). The van der Waals surface area contributed by atoms with Crippen molar-refractivity contribution in [1.29, 1.82) is 0 Å². The minimum atomic E-state index is -2.12. The second-order valence-corrected chi connectivity index (χ2v) is 24.6. The standard InChI is InChI=1S/C13H36O3Si4.4CH4/c1-11-12-13-20(10,15-18(5,6)7)16-19(8,9)14-17(2,3)4;;;;/h11-13H2,1-10H3;4*1H4. The third kappa shape index (κ3) is 19.1. The maximum atomic E-state index is 6.58. The Morgan fingerprint density at radius 1 is 0.583 bits per heavy atom. The van der Waals surface area contributed by atoms with Gasteiger partial charge in [-0.25, -0.2) is 0 Å². The van der Waals surface area contributed by atoms with Crippen LogP contribution in [0.2, 0.25) is 65.0 Å². The van der Waals surface area contributed by atoms with Gasteiger partial charge in [0.15, 0.2) is 16.6 Å². The van der Waals surface area contributed by atoms with E-state index < -0.39 is 33.8 Å². The molecule has 0 spiro atoms. The molecule has 0 aliphatic carbocycles. The Kier molecular flexibility index (Phi) is 19.4. The summed E-state index contributed by atoms with van der Waals surface area (Å²) in [6.45, 7) is 22.3. The van der Waals surface area contributed by atoms with E-state index in [1.54, 1.807) is 0 Å². The van der Waals surface area contributed by atoms with E-state index >= 15 is 0 Å². The van der Waals surface area contributed by atoms with Crippen molar-refractivity contribution in [2.45, 2.75) is 114 Å². The first kappa shape index (κ1) is 35.8. The van der Waals surface area contributed by atoms with Crippen molar-refractivity contribution in [3.05, 3.63) is 0 Å². The van der Waals surface area contributed by atoms with Gasteiger partial charge in [-0.1, -0.05) is 49.5 Å². The van der Waals surface area contributed by atoms with E-state index in [1.165, 1.54) is 12.8 Å². The molecule has 0 radical (unpaired) electrons. The smallest absolute Gasteiger partial charge is 0.315 e. The van der Waals surface area contributed by atoms with Crippen LogP contribution >= 0.6 is 0 Å². The largest absolute Gasteiger partial charge is 0.437 e. The van der Waals surface area contributed by atoms with Gasteiger partial charge in [-0.2, -0.15) is 0 Å². The summed E-state index contributed by atoms with van der Waals surface area (Å²) in [7, 11) is -7.38. The molecule has 0 saturated carbocycles. The normalized spacial score (nSPS) is 14.2. The summed E-state index contributed by atoms with van der Waals surface area (Å²) in [5, 5.41) is 0. The molecule has 1 atom stereocenters. The van der Waals surface area contributed by atoms with Gasteiger partial charge in [-0.05, 0) is 65.0 Å². The molecule has 0 saturated heterocycles. The van der Waals surface area contributed by atoms with Gasteiger partial charge in [0.05, 0.1) is 0 Å². The van der Waals surface area contributed by atoms with E-state index in [0.29, 0.717) is 0 Å². The highest BCUT2D eigenvalue weighted by molar-refractivity contribution is 6.89. The van der Waals surface area contributed by atoms with Crippen LogP contribution in [-0.2, 0) is 12.3 Å². The zero-order valence-corrected chi connectivity index (χ0v) is 19.3. The van der Waals surface area contributed by atoms with Crippen molar-refractivity contribution in [1.82, 2.24) is 0 Å². The zero-order chi connectivity index (χ0) is 16.2. The van der Waals surface area contributed by atoms with E-state index in [2.05, 4.69) is 65.8 Å². The van der Waals surface area contributed by atoms with Gasteiger partial charge in [-0.3, -0.25) is 0 Å². The maximum absolute atomic E-state index is 6.58. The molecule has 154 valence electrons.